The van der Waals surface area contributed by atoms with E-state index < -0.39 is 12.1 Å². The standard InChI is InChI=1S/C11H12FNO2/c1-6-3-7-4-10(11(14)15-2)13-9(7)5-8(6)12/h3-6,8,13H,1-2H3. The molecule has 0 aliphatic heterocycles. The van der Waals surface area contributed by atoms with Gasteiger partial charge in [0.15, 0.2) is 0 Å². The highest BCUT2D eigenvalue weighted by molar-refractivity contribution is 5.87. The van der Waals surface area contributed by atoms with E-state index >= 15 is 0 Å². The van der Waals surface area contributed by atoms with E-state index in [9.17, 15) is 9.18 Å². The Balaban J connectivity index is 2.54. The third-order valence-electron chi connectivity index (χ3n) is 2.56. The van der Waals surface area contributed by atoms with Gasteiger partial charge in [-0.3, -0.25) is 0 Å². The lowest BCUT2D eigenvalue weighted by Gasteiger charge is -2.10. The first kappa shape index (κ1) is 9.96. The van der Waals surface area contributed by atoms with Crippen LogP contribution in [0.25, 0.3) is 12.2 Å². The summed E-state index contributed by atoms with van der Waals surface area (Å²) in [6.45, 7) is 1.80. The van der Waals surface area contributed by atoms with Gasteiger partial charge in [-0.25, -0.2) is 9.18 Å². The number of carbonyl (C=O) groups is 1. The van der Waals surface area contributed by atoms with Crippen LogP contribution < -0.4 is 10.6 Å². The Morgan fingerprint density at radius 2 is 2.27 bits per heavy atom. The van der Waals surface area contributed by atoms with Gasteiger partial charge in [-0.2, -0.15) is 0 Å². The quantitative estimate of drug-likeness (QED) is 0.678. The summed E-state index contributed by atoms with van der Waals surface area (Å²) < 4.78 is 17.9. The van der Waals surface area contributed by atoms with Crippen molar-refractivity contribution in [2.75, 3.05) is 7.11 Å². The lowest BCUT2D eigenvalue weighted by Crippen LogP contribution is -2.31. The van der Waals surface area contributed by atoms with E-state index in [4.69, 9.17) is 0 Å². The van der Waals surface area contributed by atoms with Crippen molar-refractivity contribution in [1.82, 2.24) is 4.98 Å². The summed E-state index contributed by atoms with van der Waals surface area (Å²) in [5.74, 6) is -0.590. The fourth-order valence-electron chi connectivity index (χ4n) is 1.67. The largest absolute Gasteiger partial charge is 0.464 e. The van der Waals surface area contributed by atoms with Crippen molar-refractivity contribution in [3.05, 3.63) is 22.3 Å². The van der Waals surface area contributed by atoms with Crippen LogP contribution in [0.3, 0.4) is 0 Å². The molecule has 1 aromatic heterocycles. The number of methoxy groups -OCH3 is 1. The van der Waals surface area contributed by atoms with Crippen LogP contribution >= 0.6 is 0 Å². The van der Waals surface area contributed by atoms with Crippen LogP contribution in [0.15, 0.2) is 6.07 Å². The monoisotopic (exact) mass is 209 g/mol. The molecule has 3 nitrogen and oxygen atoms in total. The van der Waals surface area contributed by atoms with Crippen LogP contribution in [0.4, 0.5) is 4.39 Å². The molecule has 0 aromatic carbocycles. The molecule has 15 heavy (non-hydrogen) atoms. The van der Waals surface area contributed by atoms with Crippen molar-refractivity contribution >= 4 is 18.1 Å². The van der Waals surface area contributed by atoms with Crippen molar-refractivity contribution in [3.63, 3.8) is 0 Å². The number of rotatable bonds is 1. The second kappa shape index (κ2) is 3.53. The van der Waals surface area contributed by atoms with Gasteiger partial charge in [-0.05, 0) is 17.4 Å². The highest BCUT2D eigenvalue weighted by Gasteiger charge is 2.17. The lowest BCUT2D eigenvalue weighted by molar-refractivity contribution is 0.0594. The molecule has 2 unspecified atom stereocenters. The highest BCUT2D eigenvalue weighted by atomic mass is 19.1. The highest BCUT2D eigenvalue weighted by Crippen LogP contribution is 2.11. The molecule has 0 fully saturated rings. The van der Waals surface area contributed by atoms with Gasteiger partial charge < -0.3 is 9.72 Å². The number of nitrogens with one attached hydrogen (secondary N) is 1. The zero-order valence-corrected chi connectivity index (χ0v) is 8.58. The number of halogens is 1. The molecule has 4 heteroatoms. The Morgan fingerprint density at radius 1 is 1.53 bits per heavy atom. The summed E-state index contributed by atoms with van der Waals surface area (Å²) in [5, 5.41) is 1.51. The zero-order valence-electron chi connectivity index (χ0n) is 8.58. The summed E-state index contributed by atoms with van der Waals surface area (Å²) in [6, 6.07) is 1.68. The summed E-state index contributed by atoms with van der Waals surface area (Å²) in [7, 11) is 1.32. The molecule has 1 N–H and O–H groups in total. The Kier molecular flexibility index (Phi) is 2.34. The zero-order chi connectivity index (χ0) is 11.0. The van der Waals surface area contributed by atoms with Crippen LogP contribution in [0.5, 0.6) is 0 Å². The number of fused-ring (bicyclic) bond motifs is 1. The maximum Gasteiger partial charge on any atom is 0.354 e. The molecule has 0 radical (unpaired) electrons. The summed E-state index contributed by atoms with van der Waals surface area (Å²) in [4.78, 5) is 14.1. The SMILES string of the molecule is COC(=O)c1cc2c([nH]1)=CC(F)C(C)C=2. The average molecular weight is 209 g/mol. The normalized spacial score (nSPS) is 23.7. The minimum atomic E-state index is -0.998. The maximum absolute atomic E-state index is 13.3. The molecule has 0 bridgehead atoms. The predicted octanol–water partition coefficient (Wildman–Crippen LogP) is 0.350. The summed E-state index contributed by atoms with van der Waals surface area (Å²) in [5.41, 5.74) is 0.358. The molecular weight excluding hydrogens is 197 g/mol. The molecule has 80 valence electrons. The Morgan fingerprint density at radius 3 is 2.93 bits per heavy atom. The molecule has 1 aliphatic rings. The Hall–Kier alpha value is -1.58. The van der Waals surface area contributed by atoms with Crippen molar-refractivity contribution in [3.8, 4) is 0 Å². The molecule has 0 saturated carbocycles. The van der Waals surface area contributed by atoms with Crippen LogP contribution in [-0.2, 0) is 4.74 Å². The molecule has 0 spiro atoms. The first-order chi connectivity index (χ1) is 7.11. The van der Waals surface area contributed by atoms with E-state index in [1.165, 1.54) is 13.2 Å². The van der Waals surface area contributed by atoms with E-state index in [1.54, 1.807) is 13.0 Å². The molecule has 2 atom stereocenters. The van der Waals surface area contributed by atoms with Crippen molar-refractivity contribution in [2.45, 2.75) is 13.1 Å². The van der Waals surface area contributed by atoms with Gasteiger partial charge >= 0.3 is 5.97 Å². The molecule has 1 heterocycles. The topological polar surface area (TPSA) is 42.1 Å². The Bertz CT molecular complexity index is 466. The summed E-state index contributed by atoms with van der Waals surface area (Å²) in [6.07, 6.45) is 2.30. The lowest BCUT2D eigenvalue weighted by atomic mass is 10.0. The van der Waals surface area contributed by atoms with Gasteiger partial charge in [0, 0.05) is 11.3 Å². The van der Waals surface area contributed by atoms with Crippen molar-refractivity contribution < 1.29 is 13.9 Å². The van der Waals surface area contributed by atoms with E-state index in [-0.39, 0.29) is 5.92 Å². The molecule has 1 aromatic rings. The first-order valence-corrected chi connectivity index (χ1v) is 4.77. The van der Waals surface area contributed by atoms with Gasteiger partial charge in [0.25, 0.3) is 0 Å². The van der Waals surface area contributed by atoms with Gasteiger partial charge in [0.1, 0.15) is 11.9 Å². The predicted molar refractivity (Wildman–Crippen MR) is 54.4 cm³/mol. The second-order valence-corrected chi connectivity index (χ2v) is 3.68. The van der Waals surface area contributed by atoms with Crippen molar-refractivity contribution in [1.29, 1.82) is 0 Å². The number of hydrogen-bond acceptors (Lipinski definition) is 2. The number of H-pyrrole nitrogens is 1. The number of carbonyl (C=O) groups excluding carboxylic acids is 1. The van der Waals surface area contributed by atoms with Crippen LogP contribution in [0.1, 0.15) is 17.4 Å². The molecule has 1 aliphatic carbocycles. The number of aromatic nitrogens is 1. The van der Waals surface area contributed by atoms with Gasteiger partial charge in [0.2, 0.25) is 0 Å². The second-order valence-electron chi connectivity index (χ2n) is 3.68. The van der Waals surface area contributed by atoms with E-state index in [2.05, 4.69) is 9.72 Å². The number of alkyl halides is 1. The molecule has 0 amide bonds. The number of ether oxygens (including phenoxy) is 1. The average Bonchev–Trinajstić information content (AvgIpc) is 2.60. The van der Waals surface area contributed by atoms with Gasteiger partial charge in [-0.15, -0.1) is 0 Å². The first-order valence-electron chi connectivity index (χ1n) is 4.77. The number of esters is 1. The Labute approximate surface area is 86.3 Å². The molecule has 2 rings (SSSR count). The fourth-order valence-corrected chi connectivity index (χ4v) is 1.67. The van der Waals surface area contributed by atoms with Crippen molar-refractivity contribution in [2.24, 2.45) is 5.92 Å². The fraction of sp³-hybridized carbons (Fsp3) is 0.364. The number of aromatic amines is 1. The minimum Gasteiger partial charge on any atom is -0.464 e. The van der Waals surface area contributed by atoms with E-state index in [1.807, 2.05) is 6.08 Å². The van der Waals surface area contributed by atoms with Crippen LogP contribution in [0, 0.1) is 5.92 Å². The minimum absolute atomic E-state index is 0.154. The van der Waals surface area contributed by atoms with Gasteiger partial charge in [-0.1, -0.05) is 13.0 Å². The maximum atomic E-state index is 13.3. The van der Waals surface area contributed by atoms with Crippen LogP contribution in [0.2, 0.25) is 0 Å². The van der Waals surface area contributed by atoms with E-state index in [0.29, 0.717) is 11.0 Å². The molecular formula is C11H12FNO2. The van der Waals surface area contributed by atoms with E-state index in [0.717, 1.165) is 5.22 Å². The number of hydrogen-bond donors (Lipinski definition) is 1. The van der Waals surface area contributed by atoms with Crippen LogP contribution in [-0.4, -0.2) is 24.2 Å². The van der Waals surface area contributed by atoms with Gasteiger partial charge in [0.05, 0.1) is 7.11 Å². The third-order valence-corrected chi connectivity index (χ3v) is 2.56. The third kappa shape index (κ3) is 1.67. The summed E-state index contributed by atoms with van der Waals surface area (Å²) >= 11 is 0. The smallest absolute Gasteiger partial charge is 0.354 e. The molecule has 0 saturated heterocycles.